The van der Waals surface area contributed by atoms with Crippen molar-refractivity contribution >= 4 is 0 Å². The van der Waals surface area contributed by atoms with Crippen LogP contribution in [0.1, 0.15) is 52.4 Å². The first-order chi connectivity index (χ1) is 8.09. The zero-order valence-electron chi connectivity index (χ0n) is 11.4. The van der Waals surface area contributed by atoms with Crippen molar-refractivity contribution in [3.8, 4) is 0 Å². The average Bonchev–Trinajstić information content (AvgIpc) is 2.76. The van der Waals surface area contributed by atoms with Crippen molar-refractivity contribution in [2.45, 2.75) is 70.1 Å². The Bertz CT molecular complexity index is 236. The van der Waals surface area contributed by atoms with Gasteiger partial charge in [0, 0.05) is 25.2 Å². The van der Waals surface area contributed by atoms with Gasteiger partial charge in [-0.2, -0.15) is 0 Å². The van der Waals surface area contributed by atoms with E-state index in [1.54, 1.807) is 0 Å². The molecule has 100 valence electrons. The number of likely N-dealkylation sites (tertiary alicyclic amines) is 1. The molecule has 3 nitrogen and oxygen atoms in total. The third-order valence-electron chi connectivity index (χ3n) is 4.45. The molecule has 0 bridgehead atoms. The Balaban J connectivity index is 1.72. The molecule has 3 heteroatoms. The molecule has 0 aromatic heterocycles. The van der Waals surface area contributed by atoms with E-state index in [0.717, 1.165) is 25.9 Å². The normalized spacial score (nSPS) is 30.0. The second-order valence-corrected chi connectivity index (χ2v) is 6.24. The highest BCUT2D eigenvalue weighted by Crippen LogP contribution is 2.27. The molecule has 2 rings (SSSR count). The number of nitrogens with one attached hydrogen (secondary N) is 1. The zero-order valence-corrected chi connectivity index (χ0v) is 11.4. The topological polar surface area (TPSA) is 35.5 Å². The minimum Gasteiger partial charge on any atom is -0.389 e. The zero-order chi connectivity index (χ0) is 12.3. The molecule has 1 aliphatic heterocycles. The summed E-state index contributed by atoms with van der Waals surface area (Å²) in [5, 5.41) is 14.0. The molecule has 1 heterocycles. The van der Waals surface area contributed by atoms with Crippen LogP contribution in [0.3, 0.4) is 0 Å². The summed E-state index contributed by atoms with van der Waals surface area (Å²) in [7, 11) is 0. The lowest BCUT2D eigenvalue weighted by Crippen LogP contribution is -2.46. The predicted octanol–water partition coefficient (Wildman–Crippen LogP) is 1.75. The fourth-order valence-corrected chi connectivity index (χ4v) is 3.14. The van der Waals surface area contributed by atoms with E-state index in [1.807, 2.05) is 0 Å². The van der Waals surface area contributed by atoms with Crippen molar-refractivity contribution in [1.29, 1.82) is 0 Å². The van der Waals surface area contributed by atoms with Crippen LogP contribution in [0.5, 0.6) is 0 Å². The Morgan fingerprint density at radius 3 is 2.59 bits per heavy atom. The molecule has 1 saturated carbocycles. The highest BCUT2D eigenvalue weighted by atomic mass is 16.3. The average molecular weight is 240 g/mol. The Hall–Kier alpha value is -0.120. The largest absolute Gasteiger partial charge is 0.389 e. The van der Waals surface area contributed by atoms with E-state index in [0.29, 0.717) is 12.1 Å². The molecule has 0 amide bonds. The first kappa shape index (κ1) is 13.3. The molecular weight excluding hydrogens is 212 g/mol. The quantitative estimate of drug-likeness (QED) is 0.786. The van der Waals surface area contributed by atoms with Crippen LogP contribution < -0.4 is 5.32 Å². The molecule has 0 radical (unpaired) electrons. The minimum atomic E-state index is -0.413. The Labute approximate surface area is 106 Å². The molecule has 0 aromatic carbocycles. The van der Waals surface area contributed by atoms with Gasteiger partial charge in [0.25, 0.3) is 0 Å². The monoisotopic (exact) mass is 240 g/mol. The number of aliphatic hydroxyl groups is 1. The van der Waals surface area contributed by atoms with Crippen molar-refractivity contribution in [3.05, 3.63) is 0 Å². The van der Waals surface area contributed by atoms with Crippen LogP contribution in [0, 0.1) is 0 Å². The minimum absolute atomic E-state index is 0.413. The highest BCUT2D eigenvalue weighted by Gasteiger charge is 2.31. The summed E-state index contributed by atoms with van der Waals surface area (Å²) in [5.74, 6) is 0. The second-order valence-electron chi connectivity index (χ2n) is 6.24. The lowest BCUT2D eigenvalue weighted by atomic mass is 9.85. The van der Waals surface area contributed by atoms with Gasteiger partial charge < -0.3 is 10.4 Å². The van der Waals surface area contributed by atoms with Crippen LogP contribution in [0.4, 0.5) is 0 Å². The first-order valence-corrected chi connectivity index (χ1v) is 7.29. The molecule has 17 heavy (non-hydrogen) atoms. The van der Waals surface area contributed by atoms with E-state index >= 15 is 0 Å². The van der Waals surface area contributed by atoms with E-state index in [2.05, 4.69) is 24.1 Å². The van der Waals surface area contributed by atoms with Gasteiger partial charge in [-0.15, -0.1) is 0 Å². The van der Waals surface area contributed by atoms with E-state index in [-0.39, 0.29) is 0 Å². The van der Waals surface area contributed by atoms with Gasteiger partial charge >= 0.3 is 0 Å². The van der Waals surface area contributed by atoms with Crippen LogP contribution in [-0.4, -0.2) is 47.3 Å². The molecule has 0 aromatic rings. The van der Waals surface area contributed by atoms with Crippen LogP contribution in [-0.2, 0) is 0 Å². The van der Waals surface area contributed by atoms with Crippen molar-refractivity contribution in [2.24, 2.45) is 0 Å². The van der Waals surface area contributed by atoms with Gasteiger partial charge in [0.1, 0.15) is 0 Å². The first-order valence-electron chi connectivity index (χ1n) is 7.29. The standard InChI is InChI=1S/C14H28N2O/c1-12(2)16-9-6-13(10-16)15-11-14(17)7-4-3-5-8-14/h12-13,15,17H,3-11H2,1-2H3. The van der Waals surface area contributed by atoms with Gasteiger partial charge in [0.2, 0.25) is 0 Å². The summed E-state index contributed by atoms with van der Waals surface area (Å²) >= 11 is 0. The smallest absolute Gasteiger partial charge is 0.0771 e. The van der Waals surface area contributed by atoms with Crippen LogP contribution >= 0.6 is 0 Å². The van der Waals surface area contributed by atoms with Crippen molar-refractivity contribution in [3.63, 3.8) is 0 Å². The van der Waals surface area contributed by atoms with E-state index < -0.39 is 5.60 Å². The van der Waals surface area contributed by atoms with Crippen LogP contribution in [0.15, 0.2) is 0 Å². The van der Waals surface area contributed by atoms with Gasteiger partial charge in [-0.3, -0.25) is 4.90 Å². The predicted molar refractivity (Wildman–Crippen MR) is 71.2 cm³/mol. The third kappa shape index (κ3) is 3.67. The van der Waals surface area contributed by atoms with Gasteiger partial charge in [-0.1, -0.05) is 19.3 Å². The third-order valence-corrected chi connectivity index (χ3v) is 4.45. The SMILES string of the molecule is CC(C)N1CCC(NCC2(O)CCCCC2)C1. The Kier molecular flexibility index (Phi) is 4.45. The summed E-state index contributed by atoms with van der Waals surface area (Å²) in [6.45, 7) is 7.67. The summed E-state index contributed by atoms with van der Waals surface area (Å²) in [6.07, 6.45) is 6.89. The summed E-state index contributed by atoms with van der Waals surface area (Å²) < 4.78 is 0. The molecule has 0 spiro atoms. The van der Waals surface area contributed by atoms with E-state index in [9.17, 15) is 5.11 Å². The molecule has 1 saturated heterocycles. The maximum Gasteiger partial charge on any atom is 0.0771 e. The maximum atomic E-state index is 10.4. The number of hydrogen-bond acceptors (Lipinski definition) is 3. The Morgan fingerprint density at radius 2 is 2.00 bits per heavy atom. The lowest BCUT2D eigenvalue weighted by Gasteiger charge is -2.33. The summed E-state index contributed by atoms with van der Waals surface area (Å²) in [5.41, 5.74) is -0.413. The summed E-state index contributed by atoms with van der Waals surface area (Å²) in [4.78, 5) is 2.52. The van der Waals surface area contributed by atoms with E-state index in [4.69, 9.17) is 0 Å². The van der Waals surface area contributed by atoms with Crippen LogP contribution in [0.25, 0.3) is 0 Å². The molecule has 1 atom stereocenters. The highest BCUT2D eigenvalue weighted by molar-refractivity contribution is 4.89. The molecule has 1 aliphatic carbocycles. The van der Waals surface area contributed by atoms with Crippen LogP contribution in [0.2, 0.25) is 0 Å². The molecule has 2 N–H and O–H groups in total. The molecule has 2 aliphatic rings. The van der Waals surface area contributed by atoms with Gasteiger partial charge in [0.15, 0.2) is 0 Å². The second kappa shape index (κ2) is 5.68. The van der Waals surface area contributed by atoms with Crippen molar-refractivity contribution in [2.75, 3.05) is 19.6 Å². The fourth-order valence-electron chi connectivity index (χ4n) is 3.14. The Morgan fingerprint density at radius 1 is 1.29 bits per heavy atom. The van der Waals surface area contributed by atoms with Gasteiger partial charge in [-0.25, -0.2) is 0 Å². The number of hydrogen-bond donors (Lipinski definition) is 2. The van der Waals surface area contributed by atoms with Gasteiger partial charge in [0.05, 0.1) is 5.60 Å². The van der Waals surface area contributed by atoms with Gasteiger partial charge in [-0.05, 0) is 39.7 Å². The molecule has 2 fully saturated rings. The maximum absolute atomic E-state index is 10.4. The summed E-state index contributed by atoms with van der Waals surface area (Å²) in [6, 6.07) is 1.24. The van der Waals surface area contributed by atoms with Crippen molar-refractivity contribution < 1.29 is 5.11 Å². The number of nitrogens with zero attached hydrogens (tertiary/aromatic N) is 1. The fraction of sp³-hybridized carbons (Fsp3) is 1.00. The lowest BCUT2D eigenvalue weighted by molar-refractivity contribution is 0.00281. The molecular formula is C14H28N2O. The van der Waals surface area contributed by atoms with E-state index in [1.165, 1.54) is 32.2 Å². The van der Waals surface area contributed by atoms with Crippen molar-refractivity contribution in [1.82, 2.24) is 10.2 Å². The number of rotatable bonds is 4. The molecule has 1 unspecified atom stereocenters.